The Labute approximate surface area is 194 Å². The van der Waals surface area contributed by atoms with E-state index in [0.29, 0.717) is 46.5 Å². The molecule has 0 spiro atoms. The first kappa shape index (κ1) is 26.1. The van der Waals surface area contributed by atoms with Crippen LogP contribution >= 0.6 is 11.6 Å². The maximum atomic E-state index is 10.8. The van der Waals surface area contributed by atoms with Crippen molar-refractivity contribution in [2.45, 2.75) is 45.3 Å². The number of aromatic nitrogens is 2. The number of nitrogens with two attached hydrogens (primary N) is 2. The van der Waals surface area contributed by atoms with Gasteiger partial charge >= 0.3 is 6.09 Å². The number of carbonyl (C=O) groups excluding carboxylic acids is 1. The summed E-state index contributed by atoms with van der Waals surface area (Å²) in [6.07, 6.45) is 2.35. The van der Waals surface area contributed by atoms with Crippen molar-refractivity contribution in [3.8, 4) is 5.88 Å². The Balaban J connectivity index is 0.000000390. The minimum atomic E-state index is -0.737. The maximum Gasteiger partial charge on any atom is 0.405 e. The lowest BCUT2D eigenvalue weighted by atomic mass is 9.97. The molecule has 32 heavy (non-hydrogen) atoms. The van der Waals surface area contributed by atoms with Gasteiger partial charge in [-0.3, -0.25) is 0 Å². The Morgan fingerprint density at radius 3 is 2.69 bits per heavy atom. The number of hydrogen-bond acceptors (Lipinski definition) is 8. The second kappa shape index (κ2) is 11.6. The number of rotatable bonds is 5. The first-order chi connectivity index (χ1) is 15.0. The predicted octanol–water partition coefficient (Wildman–Crippen LogP) is 2.88. The van der Waals surface area contributed by atoms with Crippen molar-refractivity contribution < 1.29 is 19.4 Å². The molecule has 0 aliphatic carbocycles. The van der Waals surface area contributed by atoms with Gasteiger partial charge in [0.25, 0.3) is 0 Å². The smallest absolute Gasteiger partial charge is 0.405 e. The summed E-state index contributed by atoms with van der Waals surface area (Å²) in [5.41, 5.74) is 11.9. The number of aliphatic hydroxyl groups is 1. The SMILES string of the molecule is CC(C)(C)OC(N)=O.COc1cnc2ccc(Cl)c(C(O)CN3CCCC(CN)C3)c2n1. The van der Waals surface area contributed by atoms with Crippen LogP contribution in [0.5, 0.6) is 5.88 Å². The fraction of sp³-hybridized carbons (Fsp3) is 0.591. The summed E-state index contributed by atoms with van der Waals surface area (Å²) in [7, 11) is 1.54. The second-order valence-electron chi connectivity index (χ2n) is 8.79. The van der Waals surface area contributed by atoms with Crippen LogP contribution in [0.15, 0.2) is 18.3 Å². The van der Waals surface area contributed by atoms with E-state index >= 15 is 0 Å². The lowest BCUT2D eigenvalue weighted by Crippen LogP contribution is -2.40. The van der Waals surface area contributed by atoms with Crippen molar-refractivity contribution in [3.05, 3.63) is 28.9 Å². The van der Waals surface area contributed by atoms with Crippen LogP contribution in [0.3, 0.4) is 0 Å². The summed E-state index contributed by atoms with van der Waals surface area (Å²) in [6, 6.07) is 3.55. The van der Waals surface area contributed by atoms with Gasteiger partial charge in [0.1, 0.15) is 11.1 Å². The zero-order chi connectivity index (χ0) is 23.9. The summed E-state index contributed by atoms with van der Waals surface area (Å²) in [5.74, 6) is 0.896. The molecule has 1 saturated heterocycles. The highest BCUT2D eigenvalue weighted by Gasteiger charge is 2.24. The van der Waals surface area contributed by atoms with Crippen molar-refractivity contribution >= 4 is 28.7 Å². The number of nitrogens with zero attached hydrogens (tertiary/aromatic N) is 3. The van der Waals surface area contributed by atoms with Gasteiger partial charge in [0.15, 0.2) is 0 Å². The molecule has 9 nitrogen and oxygen atoms in total. The van der Waals surface area contributed by atoms with Crippen molar-refractivity contribution in [2.24, 2.45) is 17.4 Å². The van der Waals surface area contributed by atoms with Crippen LogP contribution in [0.4, 0.5) is 4.79 Å². The highest BCUT2D eigenvalue weighted by Crippen LogP contribution is 2.31. The van der Waals surface area contributed by atoms with Crippen LogP contribution < -0.4 is 16.2 Å². The molecular formula is C22H34ClN5O4. The number of likely N-dealkylation sites (tertiary alicyclic amines) is 1. The van der Waals surface area contributed by atoms with Gasteiger partial charge in [-0.25, -0.2) is 14.8 Å². The summed E-state index contributed by atoms with van der Waals surface area (Å²) >= 11 is 6.36. The number of carbonyl (C=O) groups is 1. The monoisotopic (exact) mass is 467 g/mol. The molecule has 1 amide bonds. The number of piperidine rings is 1. The van der Waals surface area contributed by atoms with E-state index in [0.717, 1.165) is 25.9 Å². The number of benzene rings is 1. The first-order valence-corrected chi connectivity index (χ1v) is 11.0. The zero-order valence-electron chi connectivity index (χ0n) is 19.2. The zero-order valence-corrected chi connectivity index (χ0v) is 19.9. The highest BCUT2D eigenvalue weighted by molar-refractivity contribution is 6.32. The van der Waals surface area contributed by atoms with Crippen LogP contribution in [0.2, 0.25) is 5.02 Å². The number of halogens is 1. The Bertz CT molecular complexity index is 906. The standard InChI is InChI=1S/C17H23ClN4O2.C5H11NO2/c1-24-15-8-20-13-5-4-12(18)16(17(13)21-15)14(23)10-22-6-2-3-11(7-19)9-22;1-5(2,3)8-4(6)7/h4-5,8,11,14,23H,2-3,6-7,9-10,19H2,1H3;1-3H3,(H2,6,7). The molecule has 178 valence electrons. The lowest BCUT2D eigenvalue weighted by molar-refractivity contribution is 0.0600. The quantitative estimate of drug-likeness (QED) is 0.610. The molecule has 1 aliphatic rings. The van der Waals surface area contributed by atoms with E-state index in [1.807, 2.05) is 0 Å². The molecular weight excluding hydrogens is 434 g/mol. The van der Waals surface area contributed by atoms with Crippen molar-refractivity contribution in [1.82, 2.24) is 14.9 Å². The third kappa shape index (κ3) is 7.74. The summed E-state index contributed by atoms with van der Waals surface area (Å²) in [6.45, 7) is 8.35. The fourth-order valence-electron chi connectivity index (χ4n) is 3.62. The van der Waals surface area contributed by atoms with Gasteiger partial charge in [-0.15, -0.1) is 0 Å². The molecule has 1 aromatic carbocycles. The molecule has 10 heteroatoms. The fourth-order valence-corrected chi connectivity index (χ4v) is 3.90. The van der Waals surface area contributed by atoms with Gasteiger partial charge in [-0.1, -0.05) is 11.6 Å². The van der Waals surface area contributed by atoms with E-state index in [1.165, 1.54) is 7.11 Å². The van der Waals surface area contributed by atoms with Crippen molar-refractivity contribution in [1.29, 1.82) is 0 Å². The largest absolute Gasteiger partial charge is 0.480 e. The second-order valence-corrected chi connectivity index (χ2v) is 9.20. The molecule has 2 unspecified atom stereocenters. The minimum absolute atomic E-state index is 0.402. The van der Waals surface area contributed by atoms with Gasteiger partial charge in [-0.05, 0) is 64.8 Å². The van der Waals surface area contributed by atoms with E-state index in [2.05, 4.69) is 19.6 Å². The minimum Gasteiger partial charge on any atom is -0.480 e. The van der Waals surface area contributed by atoms with Crippen molar-refractivity contribution in [3.63, 3.8) is 0 Å². The third-order valence-electron chi connectivity index (χ3n) is 5.00. The Morgan fingerprint density at radius 2 is 2.12 bits per heavy atom. The molecule has 2 heterocycles. The van der Waals surface area contributed by atoms with E-state index in [1.54, 1.807) is 39.1 Å². The molecule has 1 fully saturated rings. The number of β-amino-alcohol motifs (C(OH)–C–C–N with tert-alkyl or cyclic N) is 1. The molecule has 0 saturated carbocycles. The molecule has 1 aromatic heterocycles. The summed E-state index contributed by atoms with van der Waals surface area (Å²) in [5, 5.41) is 11.3. The molecule has 0 bridgehead atoms. The number of hydrogen-bond donors (Lipinski definition) is 3. The topological polar surface area (TPSA) is 137 Å². The summed E-state index contributed by atoms with van der Waals surface area (Å²) in [4.78, 5) is 21.0. The number of ether oxygens (including phenoxy) is 2. The molecule has 2 atom stereocenters. The Morgan fingerprint density at radius 1 is 1.41 bits per heavy atom. The highest BCUT2D eigenvalue weighted by atomic mass is 35.5. The number of amides is 1. The van der Waals surface area contributed by atoms with E-state index < -0.39 is 17.8 Å². The van der Waals surface area contributed by atoms with Gasteiger partial charge in [0.05, 0.1) is 24.9 Å². The number of primary amides is 1. The average Bonchev–Trinajstić information content (AvgIpc) is 2.71. The average molecular weight is 468 g/mol. The Hall–Kier alpha value is -2.20. The lowest BCUT2D eigenvalue weighted by Gasteiger charge is -2.33. The Kier molecular flexibility index (Phi) is 9.45. The van der Waals surface area contributed by atoms with Crippen LogP contribution in [-0.2, 0) is 4.74 Å². The van der Waals surface area contributed by atoms with Gasteiger partial charge < -0.3 is 30.9 Å². The normalized spacial score (nSPS) is 17.9. The van der Waals surface area contributed by atoms with Gasteiger partial charge in [0, 0.05) is 23.7 Å². The number of aliphatic hydroxyl groups excluding tert-OH is 1. The van der Waals surface area contributed by atoms with E-state index in [4.69, 9.17) is 27.8 Å². The molecule has 5 N–H and O–H groups in total. The van der Waals surface area contributed by atoms with Crippen LogP contribution in [-0.4, -0.2) is 65.0 Å². The number of methoxy groups -OCH3 is 1. The van der Waals surface area contributed by atoms with Crippen LogP contribution in [0.1, 0.15) is 45.3 Å². The predicted molar refractivity (Wildman–Crippen MR) is 125 cm³/mol. The van der Waals surface area contributed by atoms with Crippen LogP contribution in [0.25, 0.3) is 11.0 Å². The van der Waals surface area contributed by atoms with Crippen molar-refractivity contribution in [2.75, 3.05) is 33.3 Å². The van der Waals surface area contributed by atoms with E-state index in [9.17, 15) is 9.90 Å². The van der Waals surface area contributed by atoms with Gasteiger partial charge in [0.2, 0.25) is 5.88 Å². The number of fused-ring (bicyclic) bond motifs is 1. The van der Waals surface area contributed by atoms with E-state index in [-0.39, 0.29) is 0 Å². The molecule has 0 radical (unpaired) electrons. The maximum absolute atomic E-state index is 10.8. The van der Waals surface area contributed by atoms with Crippen LogP contribution in [0, 0.1) is 5.92 Å². The summed E-state index contributed by atoms with van der Waals surface area (Å²) < 4.78 is 9.73. The van der Waals surface area contributed by atoms with Gasteiger partial charge in [-0.2, -0.15) is 0 Å². The molecule has 3 rings (SSSR count). The molecule has 2 aromatic rings. The first-order valence-electron chi connectivity index (χ1n) is 10.6. The molecule has 1 aliphatic heterocycles. The third-order valence-corrected chi connectivity index (χ3v) is 5.32.